The van der Waals surface area contributed by atoms with E-state index in [1.165, 1.54) is 6.92 Å². The Bertz CT molecular complexity index is 1240. The van der Waals surface area contributed by atoms with Gasteiger partial charge in [-0.3, -0.25) is 9.59 Å². The third kappa shape index (κ3) is 4.51. The number of ketones is 1. The smallest absolute Gasteiger partial charge is 0.371 e. The molecule has 7 heteroatoms. The van der Waals surface area contributed by atoms with Crippen LogP contribution >= 0.6 is 0 Å². The molecule has 3 rings (SSSR count). The number of carbonyl (C=O) groups is 2. The number of aryl methyl sites for hydroxylation is 1. The fourth-order valence-corrected chi connectivity index (χ4v) is 3.77. The number of hydrogen-bond acceptors (Lipinski definition) is 6. The maximum Gasteiger partial charge on any atom is 0.371 e. The van der Waals surface area contributed by atoms with E-state index >= 15 is 0 Å². The number of Topliss-reactive ketones (excluding diaryl/α,β-unsaturated/α-hetero) is 1. The number of rotatable bonds is 9. The quantitative estimate of drug-likeness (QED) is 0.458. The number of aromatic carboxylic acids is 1. The Morgan fingerprint density at radius 3 is 2.34 bits per heavy atom. The second-order valence-electron chi connectivity index (χ2n) is 7.64. The van der Waals surface area contributed by atoms with Crippen LogP contribution in [0.3, 0.4) is 0 Å². The Kier molecular flexibility index (Phi) is 6.98. The lowest BCUT2D eigenvalue weighted by atomic mass is 9.97. The predicted octanol–water partition coefficient (Wildman–Crippen LogP) is 4.88. The minimum absolute atomic E-state index is 0.0233. The van der Waals surface area contributed by atoms with Crippen molar-refractivity contribution in [1.29, 1.82) is 0 Å². The number of carboxylic acids is 1. The van der Waals surface area contributed by atoms with Gasteiger partial charge in [0.1, 0.15) is 23.7 Å². The van der Waals surface area contributed by atoms with Crippen LogP contribution in [0.5, 0.6) is 11.5 Å². The molecule has 0 saturated carbocycles. The van der Waals surface area contributed by atoms with Gasteiger partial charge in [0.15, 0.2) is 11.2 Å². The van der Waals surface area contributed by atoms with E-state index in [2.05, 4.69) is 0 Å². The van der Waals surface area contributed by atoms with Crippen LogP contribution in [0.4, 0.5) is 0 Å². The maximum atomic E-state index is 12.4. The van der Waals surface area contributed by atoms with E-state index in [1.54, 1.807) is 24.3 Å². The molecule has 0 saturated heterocycles. The molecule has 2 N–H and O–H groups in total. The van der Waals surface area contributed by atoms with Gasteiger partial charge in [0.05, 0.1) is 10.9 Å². The van der Waals surface area contributed by atoms with Gasteiger partial charge in [0.2, 0.25) is 5.76 Å². The van der Waals surface area contributed by atoms with Crippen LogP contribution in [-0.4, -0.2) is 22.0 Å². The van der Waals surface area contributed by atoms with Crippen molar-refractivity contribution < 1.29 is 29.0 Å². The summed E-state index contributed by atoms with van der Waals surface area (Å²) in [6.45, 7) is 5.48. The zero-order valence-corrected chi connectivity index (χ0v) is 18.4. The SMILES string of the molecule is CCCc1c(COc2ccc3c(=O)cc(C(=O)O)oc3c2CCC)ccc(C(C)=O)c1O. The van der Waals surface area contributed by atoms with E-state index < -0.39 is 17.2 Å². The van der Waals surface area contributed by atoms with Crippen LogP contribution in [0.25, 0.3) is 11.0 Å². The molecule has 0 amide bonds. The first-order chi connectivity index (χ1) is 15.3. The van der Waals surface area contributed by atoms with Crippen LogP contribution in [0.15, 0.2) is 39.5 Å². The molecule has 1 heterocycles. The number of fused-ring (bicyclic) bond motifs is 1. The first-order valence-electron chi connectivity index (χ1n) is 10.6. The van der Waals surface area contributed by atoms with Crippen molar-refractivity contribution in [2.24, 2.45) is 0 Å². The average molecular weight is 438 g/mol. The highest BCUT2D eigenvalue weighted by atomic mass is 16.5. The monoisotopic (exact) mass is 438 g/mol. The third-order valence-corrected chi connectivity index (χ3v) is 5.31. The Morgan fingerprint density at radius 2 is 1.72 bits per heavy atom. The van der Waals surface area contributed by atoms with E-state index in [0.29, 0.717) is 35.1 Å². The minimum atomic E-state index is -1.32. The van der Waals surface area contributed by atoms with Crippen LogP contribution < -0.4 is 10.2 Å². The summed E-state index contributed by atoms with van der Waals surface area (Å²) in [6, 6.07) is 7.56. The summed E-state index contributed by atoms with van der Waals surface area (Å²) in [5.74, 6) is -1.50. The first kappa shape index (κ1) is 23.1. The zero-order valence-electron chi connectivity index (χ0n) is 18.4. The van der Waals surface area contributed by atoms with Crippen molar-refractivity contribution in [3.63, 3.8) is 0 Å². The molecule has 0 bridgehead atoms. The van der Waals surface area contributed by atoms with Crippen LogP contribution in [0.1, 0.15) is 71.2 Å². The number of carbonyl (C=O) groups excluding carboxylic acids is 1. The Morgan fingerprint density at radius 1 is 1.03 bits per heavy atom. The number of carboxylic acid groups (broad SMARTS) is 1. The van der Waals surface area contributed by atoms with E-state index in [1.807, 2.05) is 13.8 Å². The second kappa shape index (κ2) is 9.68. The molecule has 0 atom stereocenters. The molecule has 168 valence electrons. The highest BCUT2D eigenvalue weighted by Crippen LogP contribution is 2.32. The van der Waals surface area contributed by atoms with Crippen molar-refractivity contribution in [2.75, 3.05) is 0 Å². The zero-order chi connectivity index (χ0) is 23.4. The fraction of sp³-hybridized carbons (Fsp3) is 0.320. The second-order valence-corrected chi connectivity index (χ2v) is 7.64. The maximum absolute atomic E-state index is 12.4. The van der Waals surface area contributed by atoms with Crippen LogP contribution in [0.2, 0.25) is 0 Å². The molecular formula is C25H26O7. The van der Waals surface area contributed by atoms with Crippen molar-refractivity contribution in [3.05, 3.63) is 68.6 Å². The fourth-order valence-electron chi connectivity index (χ4n) is 3.77. The van der Waals surface area contributed by atoms with Gasteiger partial charge in [-0.1, -0.05) is 32.8 Å². The molecule has 3 aromatic rings. The molecular weight excluding hydrogens is 412 g/mol. The predicted molar refractivity (Wildman–Crippen MR) is 120 cm³/mol. The molecule has 0 aliphatic heterocycles. The molecule has 2 aromatic carbocycles. The van der Waals surface area contributed by atoms with Crippen molar-refractivity contribution >= 4 is 22.7 Å². The topological polar surface area (TPSA) is 114 Å². The molecule has 0 spiro atoms. The average Bonchev–Trinajstić information content (AvgIpc) is 2.75. The summed E-state index contributed by atoms with van der Waals surface area (Å²) in [4.78, 5) is 35.5. The highest BCUT2D eigenvalue weighted by molar-refractivity contribution is 5.97. The van der Waals surface area contributed by atoms with E-state index in [4.69, 9.17) is 9.15 Å². The number of ether oxygens (including phenoxy) is 1. The molecule has 32 heavy (non-hydrogen) atoms. The number of hydrogen-bond donors (Lipinski definition) is 2. The number of phenolic OH excluding ortho intramolecular Hbond substituents is 1. The number of aromatic hydroxyl groups is 1. The Labute approximate surface area is 185 Å². The summed E-state index contributed by atoms with van der Waals surface area (Å²) >= 11 is 0. The molecule has 0 aliphatic rings. The van der Waals surface area contributed by atoms with Crippen molar-refractivity contribution in [1.82, 2.24) is 0 Å². The van der Waals surface area contributed by atoms with Gasteiger partial charge in [-0.25, -0.2) is 4.79 Å². The van der Waals surface area contributed by atoms with Gasteiger partial charge in [0.25, 0.3) is 0 Å². The highest BCUT2D eigenvalue weighted by Gasteiger charge is 2.19. The summed E-state index contributed by atoms with van der Waals surface area (Å²) in [5, 5.41) is 20.1. The van der Waals surface area contributed by atoms with Crippen LogP contribution in [0, 0.1) is 0 Å². The first-order valence-corrected chi connectivity index (χ1v) is 10.6. The molecule has 7 nitrogen and oxygen atoms in total. The number of benzene rings is 2. The summed E-state index contributed by atoms with van der Waals surface area (Å²) < 4.78 is 11.6. The molecule has 0 fully saturated rings. The Balaban J connectivity index is 2.05. The lowest BCUT2D eigenvalue weighted by Crippen LogP contribution is -2.09. The van der Waals surface area contributed by atoms with Gasteiger partial charge in [-0.15, -0.1) is 0 Å². The summed E-state index contributed by atoms with van der Waals surface area (Å²) in [6.07, 6.45) is 2.62. The lowest BCUT2D eigenvalue weighted by molar-refractivity contribution is 0.0662. The van der Waals surface area contributed by atoms with Gasteiger partial charge < -0.3 is 19.4 Å². The molecule has 0 unspecified atom stereocenters. The van der Waals surface area contributed by atoms with Crippen LogP contribution in [-0.2, 0) is 19.4 Å². The summed E-state index contributed by atoms with van der Waals surface area (Å²) in [5.41, 5.74) is 2.08. The summed E-state index contributed by atoms with van der Waals surface area (Å²) in [7, 11) is 0. The Hall–Kier alpha value is -3.61. The van der Waals surface area contributed by atoms with Gasteiger partial charge in [-0.2, -0.15) is 0 Å². The third-order valence-electron chi connectivity index (χ3n) is 5.31. The number of phenols is 1. The lowest BCUT2D eigenvalue weighted by Gasteiger charge is -2.17. The van der Waals surface area contributed by atoms with Crippen molar-refractivity contribution in [2.45, 2.75) is 53.1 Å². The molecule has 0 aliphatic carbocycles. The van der Waals surface area contributed by atoms with Gasteiger partial charge in [0, 0.05) is 17.2 Å². The van der Waals surface area contributed by atoms with Crippen molar-refractivity contribution in [3.8, 4) is 11.5 Å². The van der Waals surface area contributed by atoms with Gasteiger partial charge in [-0.05, 0) is 43.5 Å². The van der Waals surface area contributed by atoms with E-state index in [-0.39, 0.29) is 29.3 Å². The molecule has 1 aromatic heterocycles. The molecule has 0 radical (unpaired) electrons. The standard InChI is InChI=1S/C25H26O7/c1-4-6-17-15(8-9-16(14(3)26)23(17)28)13-31-21-11-10-18-20(27)12-22(25(29)30)32-24(18)19(21)7-5-2/h8-12,28H,4-7,13H2,1-3H3,(H,29,30). The van der Waals surface area contributed by atoms with Gasteiger partial charge >= 0.3 is 5.97 Å². The van der Waals surface area contributed by atoms with E-state index in [0.717, 1.165) is 24.5 Å². The largest absolute Gasteiger partial charge is 0.507 e. The normalized spacial score (nSPS) is 11.0. The minimum Gasteiger partial charge on any atom is -0.507 e. The van der Waals surface area contributed by atoms with E-state index in [9.17, 15) is 24.6 Å².